The highest BCUT2D eigenvalue weighted by molar-refractivity contribution is 5.94. The minimum Gasteiger partial charge on any atom is -0.385 e. The number of methoxy groups -OCH3 is 1. The van der Waals surface area contributed by atoms with Gasteiger partial charge in [0.25, 0.3) is 5.91 Å². The number of ether oxygens (including phenoxy) is 1. The molecule has 1 aliphatic rings. The maximum absolute atomic E-state index is 12.2. The molecule has 8 heteroatoms. The molecule has 2 aromatic heterocycles. The van der Waals surface area contributed by atoms with Gasteiger partial charge in [0.2, 0.25) is 5.95 Å². The molecule has 1 aromatic carbocycles. The van der Waals surface area contributed by atoms with Crippen molar-refractivity contribution in [3.05, 3.63) is 42.4 Å². The van der Waals surface area contributed by atoms with Crippen LogP contribution in [0.2, 0.25) is 0 Å². The number of imidazole rings is 1. The summed E-state index contributed by atoms with van der Waals surface area (Å²) in [6.45, 7) is 1.22. The maximum atomic E-state index is 12.2. The van der Waals surface area contributed by atoms with Gasteiger partial charge >= 0.3 is 0 Å². The second-order valence-corrected chi connectivity index (χ2v) is 7.30. The van der Waals surface area contributed by atoms with E-state index in [0.717, 1.165) is 23.3 Å². The van der Waals surface area contributed by atoms with Crippen LogP contribution < -0.4 is 10.6 Å². The van der Waals surface area contributed by atoms with Crippen molar-refractivity contribution in [1.82, 2.24) is 24.8 Å². The van der Waals surface area contributed by atoms with E-state index in [0.29, 0.717) is 30.7 Å². The van der Waals surface area contributed by atoms with Gasteiger partial charge in [-0.05, 0) is 43.5 Å². The summed E-state index contributed by atoms with van der Waals surface area (Å²) in [6, 6.07) is 7.76. The van der Waals surface area contributed by atoms with Gasteiger partial charge < -0.3 is 19.9 Å². The second kappa shape index (κ2) is 9.00. The number of benzene rings is 1. The van der Waals surface area contributed by atoms with E-state index in [1.807, 2.05) is 18.5 Å². The highest BCUT2D eigenvalue weighted by atomic mass is 16.5. The number of nitrogens with one attached hydrogen (secondary N) is 2. The van der Waals surface area contributed by atoms with E-state index in [-0.39, 0.29) is 5.91 Å². The van der Waals surface area contributed by atoms with Crippen LogP contribution in [-0.4, -0.2) is 45.7 Å². The molecule has 1 amide bonds. The van der Waals surface area contributed by atoms with Gasteiger partial charge in [-0.3, -0.25) is 4.79 Å². The largest absolute Gasteiger partial charge is 0.385 e. The van der Waals surface area contributed by atoms with Crippen molar-refractivity contribution < 1.29 is 9.53 Å². The number of amides is 1. The molecule has 29 heavy (non-hydrogen) atoms. The highest BCUT2D eigenvalue weighted by Crippen LogP contribution is 2.31. The van der Waals surface area contributed by atoms with Gasteiger partial charge in [-0.2, -0.15) is 4.98 Å². The van der Waals surface area contributed by atoms with Crippen LogP contribution in [0.25, 0.3) is 11.2 Å². The van der Waals surface area contributed by atoms with E-state index >= 15 is 0 Å². The first-order valence-electron chi connectivity index (χ1n) is 10.1. The maximum Gasteiger partial charge on any atom is 0.251 e. The molecule has 0 aliphatic heterocycles. The van der Waals surface area contributed by atoms with Crippen LogP contribution in [0.1, 0.15) is 48.5 Å². The molecule has 0 spiro atoms. The van der Waals surface area contributed by atoms with Crippen LogP contribution in [0, 0.1) is 0 Å². The van der Waals surface area contributed by atoms with Gasteiger partial charge in [0.1, 0.15) is 5.52 Å². The Morgan fingerprint density at radius 2 is 2.00 bits per heavy atom. The van der Waals surface area contributed by atoms with Crippen LogP contribution >= 0.6 is 0 Å². The Morgan fingerprint density at radius 3 is 2.76 bits per heavy atom. The zero-order chi connectivity index (χ0) is 20.1. The number of nitrogens with zero attached hydrogens (tertiary/aromatic N) is 4. The summed E-state index contributed by atoms with van der Waals surface area (Å²) in [5, 5.41) is 6.10. The SMILES string of the molecule is COCCCNC(=O)c1ccc(Nc2ncc3ncn(C4CCCC4)c3n2)cc1. The zero-order valence-corrected chi connectivity index (χ0v) is 16.6. The fraction of sp³-hybridized carbons (Fsp3) is 0.429. The van der Waals surface area contributed by atoms with Gasteiger partial charge in [-0.1, -0.05) is 12.8 Å². The summed E-state index contributed by atoms with van der Waals surface area (Å²) in [4.78, 5) is 25.6. The molecule has 1 saturated carbocycles. The predicted octanol–water partition coefficient (Wildman–Crippen LogP) is 3.45. The summed E-state index contributed by atoms with van der Waals surface area (Å²) < 4.78 is 7.16. The number of anilines is 2. The molecule has 2 heterocycles. The lowest BCUT2D eigenvalue weighted by molar-refractivity contribution is 0.0948. The van der Waals surface area contributed by atoms with Crippen molar-refractivity contribution in [1.29, 1.82) is 0 Å². The molecule has 1 fully saturated rings. The first-order valence-corrected chi connectivity index (χ1v) is 10.1. The Balaban J connectivity index is 1.43. The fourth-order valence-corrected chi connectivity index (χ4v) is 3.69. The Bertz CT molecular complexity index is 963. The standard InChI is InChI=1S/C21H26N6O2/c1-29-12-4-11-22-20(28)15-7-9-16(10-8-15)25-21-23-13-18-19(26-21)27(14-24-18)17-5-2-3-6-17/h7-10,13-14,17H,2-6,11-12H2,1H3,(H,22,28)(H,23,25,26). The van der Waals surface area contributed by atoms with Crippen molar-refractivity contribution in [2.75, 3.05) is 25.6 Å². The lowest BCUT2D eigenvalue weighted by atomic mass is 10.2. The summed E-state index contributed by atoms with van der Waals surface area (Å²) in [6.07, 6.45) is 9.27. The van der Waals surface area contributed by atoms with Crippen molar-refractivity contribution in [3.63, 3.8) is 0 Å². The number of aromatic nitrogens is 4. The zero-order valence-electron chi connectivity index (χ0n) is 16.6. The van der Waals surface area contributed by atoms with Crippen LogP contribution in [0.4, 0.5) is 11.6 Å². The summed E-state index contributed by atoms with van der Waals surface area (Å²) in [5.41, 5.74) is 3.11. The second-order valence-electron chi connectivity index (χ2n) is 7.30. The van der Waals surface area contributed by atoms with E-state index in [2.05, 4.69) is 30.2 Å². The predicted molar refractivity (Wildman–Crippen MR) is 111 cm³/mol. The van der Waals surface area contributed by atoms with Crippen molar-refractivity contribution in [2.45, 2.75) is 38.1 Å². The number of hydrogen-bond acceptors (Lipinski definition) is 6. The average molecular weight is 394 g/mol. The molecule has 0 bridgehead atoms. The number of carbonyl (C=O) groups is 1. The lowest BCUT2D eigenvalue weighted by Gasteiger charge is -2.12. The molecule has 3 aromatic rings. The molecule has 4 rings (SSSR count). The normalized spacial score (nSPS) is 14.4. The smallest absolute Gasteiger partial charge is 0.251 e. The first kappa shape index (κ1) is 19.3. The quantitative estimate of drug-likeness (QED) is 0.568. The Hall–Kier alpha value is -3.00. The van der Waals surface area contributed by atoms with E-state index in [1.165, 1.54) is 25.7 Å². The van der Waals surface area contributed by atoms with Crippen molar-refractivity contribution in [3.8, 4) is 0 Å². The third-order valence-corrected chi connectivity index (χ3v) is 5.25. The number of carbonyl (C=O) groups excluding carboxylic acids is 1. The van der Waals surface area contributed by atoms with Crippen molar-refractivity contribution >= 4 is 28.7 Å². The lowest BCUT2D eigenvalue weighted by Crippen LogP contribution is -2.25. The van der Waals surface area contributed by atoms with Gasteiger partial charge in [0.05, 0.1) is 12.5 Å². The molecule has 0 radical (unpaired) electrons. The summed E-state index contributed by atoms with van der Waals surface area (Å²) in [7, 11) is 1.65. The topological polar surface area (TPSA) is 94.0 Å². The monoisotopic (exact) mass is 394 g/mol. The van der Waals surface area contributed by atoms with Crippen molar-refractivity contribution in [2.24, 2.45) is 0 Å². The molecular weight excluding hydrogens is 368 g/mol. The minimum absolute atomic E-state index is 0.0919. The Kier molecular flexibility index (Phi) is 6.00. The van der Waals surface area contributed by atoms with E-state index in [4.69, 9.17) is 4.74 Å². The van der Waals surface area contributed by atoms with Gasteiger partial charge in [0, 0.05) is 37.6 Å². The molecule has 8 nitrogen and oxygen atoms in total. The molecule has 0 saturated heterocycles. The Labute approximate surface area is 169 Å². The molecular formula is C21H26N6O2. The van der Waals surface area contributed by atoms with Gasteiger partial charge in [-0.15, -0.1) is 0 Å². The van der Waals surface area contributed by atoms with E-state index in [1.54, 1.807) is 25.4 Å². The average Bonchev–Trinajstić information content (AvgIpc) is 3.41. The van der Waals surface area contributed by atoms with Crippen LogP contribution in [0.3, 0.4) is 0 Å². The highest BCUT2D eigenvalue weighted by Gasteiger charge is 2.19. The number of hydrogen-bond donors (Lipinski definition) is 2. The first-order chi connectivity index (χ1) is 14.2. The Morgan fingerprint density at radius 1 is 1.21 bits per heavy atom. The molecule has 2 N–H and O–H groups in total. The fourth-order valence-electron chi connectivity index (χ4n) is 3.69. The number of fused-ring (bicyclic) bond motifs is 1. The van der Waals surface area contributed by atoms with Crippen LogP contribution in [0.5, 0.6) is 0 Å². The third kappa shape index (κ3) is 4.54. The van der Waals surface area contributed by atoms with E-state index < -0.39 is 0 Å². The molecule has 152 valence electrons. The van der Waals surface area contributed by atoms with Crippen LogP contribution in [0.15, 0.2) is 36.8 Å². The van der Waals surface area contributed by atoms with Gasteiger partial charge in [0.15, 0.2) is 5.65 Å². The van der Waals surface area contributed by atoms with Crippen LogP contribution in [-0.2, 0) is 4.74 Å². The van der Waals surface area contributed by atoms with Gasteiger partial charge in [-0.25, -0.2) is 9.97 Å². The minimum atomic E-state index is -0.0919. The number of rotatable bonds is 8. The summed E-state index contributed by atoms with van der Waals surface area (Å²) in [5.74, 6) is 0.430. The van der Waals surface area contributed by atoms with E-state index in [9.17, 15) is 4.79 Å². The molecule has 1 aliphatic carbocycles. The molecule has 0 atom stereocenters. The third-order valence-electron chi connectivity index (χ3n) is 5.25. The molecule has 0 unspecified atom stereocenters. The summed E-state index contributed by atoms with van der Waals surface area (Å²) >= 11 is 0.